The molecule has 0 fully saturated rings. The summed E-state index contributed by atoms with van der Waals surface area (Å²) in [6, 6.07) is 3.98. The van der Waals surface area contributed by atoms with E-state index in [1.807, 2.05) is 6.92 Å². The largest absolute Gasteiger partial charge is 0.296 e. The first-order valence-electron chi connectivity index (χ1n) is 5.94. The number of hydrogen-bond acceptors (Lipinski definition) is 6. The third-order valence-electron chi connectivity index (χ3n) is 2.60. The molecule has 0 saturated heterocycles. The zero-order chi connectivity index (χ0) is 15.6. The van der Waals surface area contributed by atoms with Gasteiger partial charge in [0.05, 0.1) is 15.5 Å². The minimum atomic E-state index is -3.41. The first kappa shape index (κ1) is 15.9. The standard InChI is InChI=1S/C12H12ClN3O3S2/c1-3-10-15-16-12(20-10)14-11(17)8-6-7(21(2,18)19)4-5-9(8)13/h4-6H,3H2,1-2H3,(H,14,16,17). The van der Waals surface area contributed by atoms with Crippen molar-refractivity contribution in [2.45, 2.75) is 18.2 Å². The van der Waals surface area contributed by atoms with Crippen LogP contribution in [0, 0.1) is 0 Å². The van der Waals surface area contributed by atoms with E-state index in [0.717, 1.165) is 17.7 Å². The number of amides is 1. The van der Waals surface area contributed by atoms with Crippen LogP contribution in [0.4, 0.5) is 5.13 Å². The van der Waals surface area contributed by atoms with E-state index in [1.54, 1.807) is 0 Å². The van der Waals surface area contributed by atoms with Crippen LogP contribution >= 0.6 is 22.9 Å². The maximum atomic E-state index is 12.2. The Bertz CT molecular complexity index is 787. The summed E-state index contributed by atoms with van der Waals surface area (Å²) in [4.78, 5) is 12.2. The number of rotatable bonds is 4. The van der Waals surface area contributed by atoms with Gasteiger partial charge in [0.1, 0.15) is 5.01 Å². The number of halogens is 1. The van der Waals surface area contributed by atoms with Crippen LogP contribution in [0.15, 0.2) is 23.1 Å². The Hall–Kier alpha value is -1.51. The number of benzene rings is 1. The Balaban J connectivity index is 2.30. The van der Waals surface area contributed by atoms with Gasteiger partial charge in [0.2, 0.25) is 5.13 Å². The summed E-state index contributed by atoms with van der Waals surface area (Å²) in [5.74, 6) is -0.524. The lowest BCUT2D eigenvalue weighted by Gasteiger charge is -2.06. The van der Waals surface area contributed by atoms with E-state index in [0.29, 0.717) is 5.13 Å². The first-order chi connectivity index (χ1) is 9.81. The number of carbonyl (C=O) groups excluding carboxylic acids is 1. The van der Waals surface area contributed by atoms with Crippen molar-refractivity contribution in [3.05, 3.63) is 33.8 Å². The highest BCUT2D eigenvalue weighted by molar-refractivity contribution is 7.90. The minimum absolute atomic E-state index is 0.0311. The lowest BCUT2D eigenvalue weighted by atomic mass is 10.2. The first-order valence-corrected chi connectivity index (χ1v) is 9.03. The molecule has 9 heteroatoms. The predicted octanol–water partition coefficient (Wildman–Crippen LogP) is 2.41. The molecule has 0 aliphatic carbocycles. The topological polar surface area (TPSA) is 89.0 Å². The monoisotopic (exact) mass is 345 g/mol. The molecule has 0 aliphatic rings. The van der Waals surface area contributed by atoms with Gasteiger partial charge in [-0.15, -0.1) is 10.2 Å². The summed E-state index contributed by atoms with van der Waals surface area (Å²) in [7, 11) is -3.41. The van der Waals surface area contributed by atoms with Gasteiger partial charge in [0.15, 0.2) is 9.84 Å². The van der Waals surface area contributed by atoms with Crippen LogP contribution in [0.1, 0.15) is 22.3 Å². The van der Waals surface area contributed by atoms with Crippen molar-refractivity contribution in [2.75, 3.05) is 11.6 Å². The van der Waals surface area contributed by atoms with Crippen LogP contribution < -0.4 is 5.32 Å². The van der Waals surface area contributed by atoms with E-state index < -0.39 is 15.7 Å². The molecule has 0 atom stereocenters. The number of nitrogens with zero attached hydrogens (tertiary/aromatic N) is 2. The Morgan fingerprint density at radius 1 is 1.38 bits per heavy atom. The fourth-order valence-electron chi connectivity index (χ4n) is 1.52. The van der Waals surface area contributed by atoms with Crippen molar-refractivity contribution < 1.29 is 13.2 Å². The highest BCUT2D eigenvalue weighted by Crippen LogP contribution is 2.23. The molecule has 1 aromatic carbocycles. The normalized spacial score (nSPS) is 11.4. The molecule has 112 valence electrons. The summed E-state index contributed by atoms with van der Waals surface area (Å²) in [6.07, 6.45) is 1.79. The van der Waals surface area contributed by atoms with Crippen LogP contribution in [0.5, 0.6) is 0 Å². The van der Waals surface area contributed by atoms with Crippen molar-refractivity contribution in [2.24, 2.45) is 0 Å². The van der Waals surface area contributed by atoms with Gasteiger partial charge in [-0.05, 0) is 24.6 Å². The molecule has 0 aliphatic heterocycles. The molecule has 0 spiro atoms. The third-order valence-corrected chi connectivity index (χ3v) is 5.02. The molecule has 0 bridgehead atoms. The molecular formula is C12H12ClN3O3S2. The van der Waals surface area contributed by atoms with E-state index in [1.165, 1.54) is 29.5 Å². The number of anilines is 1. The summed E-state index contributed by atoms with van der Waals surface area (Å²) in [6.45, 7) is 1.93. The van der Waals surface area contributed by atoms with Crippen LogP contribution in [0.3, 0.4) is 0 Å². The van der Waals surface area contributed by atoms with Crippen molar-refractivity contribution >= 4 is 43.8 Å². The lowest BCUT2D eigenvalue weighted by Crippen LogP contribution is -2.13. The maximum absolute atomic E-state index is 12.2. The van der Waals surface area contributed by atoms with Gasteiger partial charge in [-0.3, -0.25) is 10.1 Å². The smallest absolute Gasteiger partial charge is 0.259 e. The highest BCUT2D eigenvalue weighted by atomic mass is 35.5. The summed E-state index contributed by atoms with van der Waals surface area (Å²) >= 11 is 7.21. The van der Waals surface area contributed by atoms with E-state index in [4.69, 9.17) is 11.6 Å². The number of aryl methyl sites for hydroxylation is 1. The van der Waals surface area contributed by atoms with Gasteiger partial charge >= 0.3 is 0 Å². The summed E-state index contributed by atoms with van der Waals surface area (Å²) in [5.41, 5.74) is 0.0767. The van der Waals surface area contributed by atoms with Crippen LogP contribution in [0.25, 0.3) is 0 Å². The number of aromatic nitrogens is 2. The average Bonchev–Trinajstić information content (AvgIpc) is 2.85. The second-order valence-corrected chi connectivity index (χ2v) is 7.71. The van der Waals surface area contributed by atoms with Gasteiger partial charge in [-0.1, -0.05) is 29.9 Å². The number of carbonyl (C=O) groups is 1. The Kier molecular flexibility index (Phi) is 4.60. The number of nitrogens with one attached hydrogen (secondary N) is 1. The molecule has 0 unspecified atom stereocenters. The second-order valence-electron chi connectivity index (χ2n) is 4.22. The van der Waals surface area contributed by atoms with Gasteiger partial charge in [0.25, 0.3) is 5.91 Å². The third kappa shape index (κ3) is 3.78. The fraction of sp³-hybridized carbons (Fsp3) is 0.250. The summed E-state index contributed by atoms with van der Waals surface area (Å²) in [5, 5.41) is 11.6. The molecule has 0 saturated carbocycles. The second kappa shape index (κ2) is 6.08. The van der Waals surface area contributed by atoms with E-state index in [2.05, 4.69) is 15.5 Å². The highest BCUT2D eigenvalue weighted by Gasteiger charge is 2.17. The van der Waals surface area contributed by atoms with E-state index in [-0.39, 0.29) is 15.5 Å². The van der Waals surface area contributed by atoms with Crippen molar-refractivity contribution in [3.8, 4) is 0 Å². The molecule has 2 rings (SSSR count). The Morgan fingerprint density at radius 2 is 2.10 bits per heavy atom. The molecule has 1 aromatic heterocycles. The molecular weight excluding hydrogens is 334 g/mol. The quantitative estimate of drug-likeness (QED) is 0.919. The maximum Gasteiger partial charge on any atom is 0.259 e. The Morgan fingerprint density at radius 3 is 2.67 bits per heavy atom. The van der Waals surface area contributed by atoms with E-state index >= 15 is 0 Å². The van der Waals surface area contributed by atoms with Crippen LogP contribution in [-0.2, 0) is 16.3 Å². The minimum Gasteiger partial charge on any atom is -0.296 e. The number of sulfone groups is 1. The van der Waals surface area contributed by atoms with Gasteiger partial charge in [-0.25, -0.2) is 8.42 Å². The average molecular weight is 346 g/mol. The van der Waals surface area contributed by atoms with Gasteiger partial charge in [-0.2, -0.15) is 0 Å². The summed E-state index contributed by atoms with van der Waals surface area (Å²) < 4.78 is 23.0. The van der Waals surface area contributed by atoms with Gasteiger partial charge < -0.3 is 0 Å². The van der Waals surface area contributed by atoms with Crippen molar-refractivity contribution in [1.29, 1.82) is 0 Å². The lowest BCUT2D eigenvalue weighted by molar-refractivity contribution is 0.102. The molecule has 1 N–H and O–H groups in total. The Labute approximate surface area is 131 Å². The zero-order valence-corrected chi connectivity index (χ0v) is 13.6. The van der Waals surface area contributed by atoms with Crippen molar-refractivity contribution in [3.63, 3.8) is 0 Å². The molecule has 1 heterocycles. The molecule has 6 nitrogen and oxygen atoms in total. The van der Waals surface area contributed by atoms with E-state index in [9.17, 15) is 13.2 Å². The zero-order valence-electron chi connectivity index (χ0n) is 11.3. The van der Waals surface area contributed by atoms with Crippen molar-refractivity contribution in [1.82, 2.24) is 10.2 Å². The molecule has 0 radical (unpaired) electrons. The fourth-order valence-corrected chi connectivity index (χ4v) is 3.05. The predicted molar refractivity (Wildman–Crippen MR) is 81.8 cm³/mol. The molecule has 1 amide bonds. The number of hydrogen-bond donors (Lipinski definition) is 1. The van der Waals surface area contributed by atoms with Crippen LogP contribution in [0.2, 0.25) is 5.02 Å². The SMILES string of the molecule is CCc1nnc(NC(=O)c2cc(S(C)(=O)=O)ccc2Cl)s1. The molecule has 2 aromatic rings. The molecule has 21 heavy (non-hydrogen) atoms. The van der Waals surface area contributed by atoms with Gasteiger partial charge in [0, 0.05) is 6.26 Å². The van der Waals surface area contributed by atoms with Crippen LogP contribution in [-0.4, -0.2) is 30.8 Å².